The van der Waals surface area contributed by atoms with Crippen LogP contribution in [0.5, 0.6) is 0 Å². The van der Waals surface area contributed by atoms with Crippen LogP contribution in [-0.4, -0.2) is 37.4 Å². The van der Waals surface area contributed by atoms with E-state index in [0.717, 1.165) is 30.8 Å². The third-order valence-electron chi connectivity index (χ3n) is 2.18. The van der Waals surface area contributed by atoms with Crippen molar-refractivity contribution in [3.8, 4) is 0 Å². The molecule has 2 amide bonds. The number of carbonyl (C=O) groups is 2. The van der Waals surface area contributed by atoms with Gasteiger partial charge < -0.3 is 10.6 Å². The lowest BCUT2D eigenvalue weighted by Crippen LogP contribution is -2.17. The second kappa shape index (κ2) is 12.1. The van der Waals surface area contributed by atoms with Gasteiger partial charge in [0.2, 0.25) is 11.8 Å². The molecule has 0 aliphatic heterocycles. The van der Waals surface area contributed by atoms with Crippen LogP contribution in [0.3, 0.4) is 0 Å². The quantitative estimate of drug-likeness (QED) is 0.473. The predicted molar refractivity (Wildman–Crippen MR) is 76.1 cm³/mol. The molecule has 0 saturated heterocycles. The monoisotopic (exact) mass is 278 g/mol. The summed E-state index contributed by atoms with van der Waals surface area (Å²) in [6, 6.07) is 0. The molecule has 0 aromatic carbocycles. The lowest BCUT2D eigenvalue weighted by Gasteiger charge is -2.02. The fraction of sp³-hybridized carbons (Fsp3) is 0.818. The van der Waals surface area contributed by atoms with Crippen molar-refractivity contribution in [3.63, 3.8) is 0 Å². The Balaban J connectivity index is 3.08. The topological polar surface area (TPSA) is 58.2 Å². The normalized spacial score (nSPS) is 10.0. The van der Waals surface area contributed by atoms with E-state index in [1.165, 1.54) is 0 Å². The van der Waals surface area contributed by atoms with E-state index in [1.807, 2.05) is 0 Å². The zero-order valence-electron chi connectivity index (χ0n) is 10.6. The van der Waals surface area contributed by atoms with Crippen LogP contribution in [0.25, 0.3) is 0 Å². The van der Waals surface area contributed by atoms with Crippen molar-refractivity contribution in [1.82, 2.24) is 10.6 Å². The Kier molecular flexibility index (Phi) is 11.8. The van der Waals surface area contributed by atoms with Crippen molar-refractivity contribution in [2.45, 2.75) is 32.1 Å². The fourth-order valence-corrected chi connectivity index (χ4v) is 3.26. The molecule has 0 aromatic rings. The fourth-order valence-electron chi connectivity index (χ4n) is 1.13. The molecule has 0 saturated carbocycles. The summed E-state index contributed by atoms with van der Waals surface area (Å²) in [6.07, 6.45) is 4.41. The Morgan fingerprint density at radius 2 is 1.41 bits per heavy atom. The van der Waals surface area contributed by atoms with E-state index in [1.54, 1.807) is 35.7 Å². The van der Waals surface area contributed by atoms with Gasteiger partial charge in [0.05, 0.1) is 0 Å². The number of unbranched alkanes of at least 4 members (excludes halogenated alkanes) is 2. The first-order chi connectivity index (χ1) is 8.20. The summed E-state index contributed by atoms with van der Waals surface area (Å²) in [7, 11) is 6.88. The minimum absolute atomic E-state index is 0.101. The standard InChI is InChI=1S/C11H22N2O2S2/c1-12-10(14)6-4-3-5-8-16-17-9-7-11(15)13-2/h3-9H2,1-2H3,(H,12,14)(H,13,15). The second-order valence-electron chi connectivity index (χ2n) is 3.55. The summed E-state index contributed by atoms with van der Waals surface area (Å²) in [6.45, 7) is 0. The van der Waals surface area contributed by atoms with Crippen molar-refractivity contribution in [2.75, 3.05) is 25.6 Å². The van der Waals surface area contributed by atoms with Crippen LogP contribution in [0.15, 0.2) is 0 Å². The van der Waals surface area contributed by atoms with Crippen molar-refractivity contribution in [2.24, 2.45) is 0 Å². The minimum atomic E-state index is 0.101. The molecule has 2 N–H and O–H groups in total. The van der Waals surface area contributed by atoms with E-state index >= 15 is 0 Å². The first kappa shape index (κ1) is 16.6. The maximum absolute atomic E-state index is 10.9. The molecule has 0 aliphatic carbocycles. The van der Waals surface area contributed by atoms with Crippen LogP contribution < -0.4 is 10.6 Å². The Morgan fingerprint density at radius 1 is 0.824 bits per heavy atom. The summed E-state index contributed by atoms with van der Waals surface area (Å²) in [5.41, 5.74) is 0. The molecule has 4 nitrogen and oxygen atoms in total. The molecule has 6 heteroatoms. The van der Waals surface area contributed by atoms with Crippen molar-refractivity contribution in [3.05, 3.63) is 0 Å². The summed E-state index contributed by atoms with van der Waals surface area (Å²) >= 11 is 0. The Bertz CT molecular complexity index is 204. The summed E-state index contributed by atoms with van der Waals surface area (Å²) in [4.78, 5) is 21.8. The SMILES string of the molecule is CNC(=O)CCCCCSSCCC(=O)NC. The van der Waals surface area contributed by atoms with Gasteiger partial charge in [0.15, 0.2) is 0 Å². The third kappa shape index (κ3) is 11.9. The van der Waals surface area contributed by atoms with Crippen LogP contribution in [0.1, 0.15) is 32.1 Å². The molecule has 0 unspecified atom stereocenters. The lowest BCUT2D eigenvalue weighted by molar-refractivity contribution is -0.121. The molecule has 0 atom stereocenters. The smallest absolute Gasteiger partial charge is 0.220 e. The van der Waals surface area contributed by atoms with E-state index in [0.29, 0.717) is 12.8 Å². The van der Waals surface area contributed by atoms with Gasteiger partial charge in [-0.15, -0.1) is 0 Å². The van der Waals surface area contributed by atoms with E-state index in [-0.39, 0.29) is 11.8 Å². The van der Waals surface area contributed by atoms with Crippen molar-refractivity contribution in [1.29, 1.82) is 0 Å². The van der Waals surface area contributed by atoms with E-state index < -0.39 is 0 Å². The third-order valence-corrected chi connectivity index (χ3v) is 4.68. The number of hydrogen-bond donors (Lipinski definition) is 2. The van der Waals surface area contributed by atoms with Gasteiger partial charge in [0, 0.05) is 38.4 Å². The summed E-state index contributed by atoms with van der Waals surface area (Å²) in [5.74, 6) is 2.18. The molecule has 0 heterocycles. The molecule has 0 spiro atoms. The van der Waals surface area contributed by atoms with Crippen LogP contribution in [0.2, 0.25) is 0 Å². The maximum atomic E-state index is 10.9. The van der Waals surface area contributed by atoms with Gasteiger partial charge in [-0.2, -0.15) is 0 Å². The second-order valence-corrected chi connectivity index (χ2v) is 6.25. The van der Waals surface area contributed by atoms with Gasteiger partial charge in [-0.1, -0.05) is 28.0 Å². The highest BCUT2D eigenvalue weighted by Crippen LogP contribution is 2.23. The van der Waals surface area contributed by atoms with Gasteiger partial charge in [0.1, 0.15) is 0 Å². The van der Waals surface area contributed by atoms with Crippen LogP contribution in [0, 0.1) is 0 Å². The zero-order chi connectivity index (χ0) is 12.9. The molecule has 17 heavy (non-hydrogen) atoms. The van der Waals surface area contributed by atoms with Crippen molar-refractivity contribution < 1.29 is 9.59 Å². The Labute approximate surface area is 111 Å². The number of rotatable bonds is 10. The van der Waals surface area contributed by atoms with E-state index in [4.69, 9.17) is 0 Å². The first-order valence-electron chi connectivity index (χ1n) is 5.86. The summed E-state index contributed by atoms with van der Waals surface area (Å²) < 4.78 is 0. The van der Waals surface area contributed by atoms with Crippen molar-refractivity contribution >= 4 is 33.4 Å². The largest absolute Gasteiger partial charge is 0.359 e. The van der Waals surface area contributed by atoms with Gasteiger partial charge in [-0.25, -0.2) is 0 Å². The molecule has 0 bridgehead atoms. The Morgan fingerprint density at radius 3 is 2.06 bits per heavy atom. The number of carbonyl (C=O) groups excluding carboxylic acids is 2. The molecule has 100 valence electrons. The molecular formula is C11H22N2O2S2. The molecule has 0 fully saturated rings. The van der Waals surface area contributed by atoms with Crippen LogP contribution in [-0.2, 0) is 9.59 Å². The average Bonchev–Trinajstić information content (AvgIpc) is 2.35. The first-order valence-corrected chi connectivity index (χ1v) is 8.35. The minimum Gasteiger partial charge on any atom is -0.359 e. The number of hydrogen-bond acceptors (Lipinski definition) is 4. The van der Waals surface area contributed by atoms with E-state index in [2.05, 4.69) is 10.6 Å². The van der Waals surface area contributed by atoms with Gasteiger partial charge in [-0.3, -0.25) is 9.59 Å². The highest BCUT2D eigenvalue weighted by Gasteiger charge is 1.99. The van der Waals surface area contributed by atoms with Gasteiger partial charge in [-0.05, 0) is 12.8 Å². The highest BCUT2D eigenvalue weighted by molar-refractivity contribution is 8.76. The molecule has 0 rings (SSSR count). The number of nitrogens with one attached hydrogen (secondary N) is 2. The molecule has 0 aromatic heterocycles. The lowest BCUT2D eigenvalue weighted by atomic mass is 10.2. The Hall–Kier alpha value is -0.360. The number of amides is 2. The maximum Gasteiger partial charge on any atom is 0.220 e. The molecule has 0 aliphatic rings. The summed E-state index contributed by atoms with van der Waals surface area (Å²) in [5, 5.41) is 5.21. The molecule has 0 radical (unpaired) electrons. The molecular weight excluding hydrogens is 256 g/mol. The van der Waals surface area contributed by atoms with E-state index in [9.17, 15) is 9.59 Å². The predicted octanol–water partition coefficient (Wildman–Crippen LogP) is 1.81. The van der Waals surface area contributed by atoms with Crippen LogP contribution in [0.4, 0.5) is 0 Å². The highest BCUT2D eigenvalue weighted by atomic mass is 33.1. The van der Waals surface area contributed by atoms with Gasteiger partial charge in [0.25, 0.3) is 0 Å². The van der Waals surface area contributed by atoms with Gasteiger partial charge >= 0.3 is 0 Å². The average molecular weight is 278 g/mol. The van der Waals surface area contributed by atoms with Crippen LogP contribution >= 0.6 is 21.6 Å². The zero-order valence-corrected chi connectivity index (χ0v) is 12.2.